The van der Waals surface area contributed by atoms with Crippen molar-refractivity contribution in [1.82, 2.24) is 0 Å². The van der Waals surface area contributed by atoms with E-state index in [9.17, 15) is 4.79 Å². The summed E-state index contributed by atoms with van der Waals surface area (Å²) < 4.78 is 0. The summed E-state index contributed by atoms with van der Waals surface area (Å²) in [5.74, 6) is 3.94. The van der Waals surface area contributed by atoms with E-state index in [4.69, 9.17) is 22.6 Å². The minimum Gasteiger partial charge on any atom is -0.359 e. The molecule has 0 bridgehead atoms. The number of halogens is 1. The van der Waals surface area contributed by atoms with Crippen LogP contribution in [0.4, 0.5) is 0 Å². The van der Waals surface area contributed by atoms with Gasteiger partial charge in [-0.05, 0) is 18.2 Å². The summed E-state index contributed by atoms with van der Waals surface area (Å²) in [4.78, 5) is 10.4. The SMILES string of the molecule is N#Cc1ccc(C#CC(N)=O)c(Cl)c1. The van der Waals surface area contributed by atoms with E-state index in [1.54, 1.807) is 12.1 Å². The molecule has 0 aliphatic rings. The lowest BCUT2D eigenvalue weighted by Gasteiger charge is -1.94. The number of carbonyl (C=O) groups excluding carboxylic acids is 1. The summed E-state index contributed by atoms with van der Waals surface area (Å²) in [5.41, 5.74) is 5.76. The van der Waals surface area contributed by atoms with Gasteiger partial charge in [0.1, 0.15) is 0 Å². The van der Waals surface area contributed by atoms with Crippen LogP contribution in [0.25, 0.3) is 0 Å². The molecule has 0 radical (unpaired) electrons. The highest BCUT2D eigenvalue weighted by atomic mass is 35.5. The molecule has 0 atom stereocenters. The van der Waals surface area contributed by atoms with Crippen LogP contribution in [0.1, 0.15) is 11.1 Å². The Morgan fingerprint density at radius 1 is 1.50 bits per heavy atom. The van der Waals surface area contributed by atoms with Gasteiger partial charge < -0.3 is 5.73 Å². The number of hydrogen-bond donors (Lipinski definition) is 1. The van der Waals surface area contributed by atoms with Crippen molar-refractivity contribution in [1.29, 1.82) is 5.26 Å². The van der Waals surface area contributed by atoms with E-state index in [-0.39, 0.29) is 0 Å². The molecule has 1 aromatic rings. The molecule has 2 N–H and O–H groups in total. The van der Waals surface area contributed by atoms with Crippen molar-refractivity contribution in [3.05, 3.63) is 34.3 Å². The number of nitrogens with zero attached hydrogens (tertiary/aromatic N) is 1. The molecule has 1 amide bonds. The van der Waals surface area contributed by atoms with Gasteiger partial charge in [-0.3, -0.25) is 4.79 Å². The topological polar surface area (TPSA) is 66.9 Å². The molecule has 0 aliphatic carbocycles. The normalized spacial score (nSPS) is 8.29. The van der Waals surface area contributed by atoms with Gasteiger partial charge in [-0.25, -0.2) is 0 Å². The third-order valence-corrected chi connectivity index (χ3v) is 1.73. The summed E-state index contributed by atoms with van der Waals surface area (Å²) in [7, 11) is 0. The maximum absolute atomic E-state index is 10.4. The zero-order valence-electron chi connectivity index (χ0n) is 7.04. The van der Waals surface area contributed by atoms with Gasteiger partial charge in [0.25, 0.3) is 5.91 Å². The average Bonchev–Trinajstić information content (AvgIpc) is 2.15. The van der Waals surface area contributed by atoms with Crippen LogP contribution in [0.15, 0.2) is 18.2 Å². The fraction of sp³-hybridized carbons (Fsp3) is 0. The van der Waals surface area contributed by atoms with E-state index >= 15 is 0 Å². The Bertz CT molecular complexity index is 477. The number of nitriles is 1. The number of benzene rings is 1. The van der Waals surface area contributed by atoms with E-state index < -0.39 is 5.91 Å². The first-order chi connectivity index (χ1) is 6.63. The Morgan fingerprint density at radius 2 is 2.21 bits per heavy atom. The summed E-state index contributed by atoms with van der Waals surface area (Å²) in [6.45, 7) is 0. The van der Waals surface area contributed by atoms with Crippen LogP contribution in [-0.2, 0) is 4.79 Å². The van der Waals surface area contributed by atoms with Gasteiger partial charge in [0.2, 0.25) is 0 Å². The highest BCUT2D eigenvalue weighted by molar-refractivity contribution is 6.31. The van der Waals surface area contributed by atoms with Crippen LogP contribution in [0.5, 0.6) is 0 Å². The van der Waals surface area contributed by atoms with E-state index in [0.29, 0.717) is 16.1 Å². The van der Waals surface area contributed by atoms with Crippen molar-refractivity contribution in [2.75, 3.05) is 0 Å². The first-order valence-corrected chi connectivity index (χ1v) is 4.02. The fourth-order valence-electron chi connectivity index (χ4n) is 0.815. The molecule has 1 aromatic carbocycles. The molecule has 14 heavy (non-hydrogen) atoms. The molecule has 0 heterocycles. The molecule has 4 heteroatoms. The molecule has 0 aromatic heterocycles. The zero-order chi connectivity index (χ0) is 10.6. The second kappa shape index (κ2) is 4.32. The lowest BCUT2D eigenvalue weighted by molar-refractivity contribution is -0.112. The van der Waals surface area contributed by atoms with Crippen molar-refractivity contribution < 1.29 is 4.79 Å². The van der Waals surface area contributed by atoms with Crippen LogP contribution >= 0.6 is 11.6 Å². The highest BCUT2D eigenvalue weighted by Gasteiger charge is 1.98. The maximum Gasteiger partial charge on any atom is 0.293 e. The summed E-state index contributed by atoms with van der Waals surface area (Å²) in [5, 5.41) is 8.88. The van der Waals surface area contributed by atoms with Crippen LogP contribution in [0, 0.1) is 23.2 Å². The van der Waals surface area contributed by atoms with Crippen molar-refractivity contribution in [3.63, 3.8) is 0 Å². The lowest BCUT2D eigenvalue weighted by atomic mass is 10.1. The summed E-state index contributed by atoms with van der Waals surface area (Å²) >= 11 is 5.79. The molecule has 0 spiro atoms. The van der Waals surface area contributed by atoms with E-state index in [2.05, 4.69) is 11.8 Å². The molecule has 0 fully saturated rings. The Hall–Kier alpha value is -1.97. The van der Waals surface area contributed by atoms with Crippen LogP contribution in [0.3, 0.4) is 0 Å². The van der Waals surface area contributed by atoms with E-state index in [1.807, 2.05) is 6.07 Å². The van der Waals surface area contributed by atoms with Gasteiger partial charge in [-0.2, -0.15) is 5.26 Å². The standard InChI is InChI=1S/C10H5ClN2O/c11-9-5-7(6-12)1-2-8(9)3-4-10(13)14/h1-2,5H,(H2,13,14). The highest BCUT2D eigenvalue weighted by Crippen LogP contribution is 2.16. The van der Waals surface area contributed by atoms with Gasteiger partial charge in [-0.1, -0.05) is 17.5 Å². The third kappa shape index (κ3) is 2.52. The molecule has 0 unspecified atom stereocenters. The monoisotopic (exact) mass is 204 g/mol. The predicted octanol–water partition coefficient (Wildman–Crippen LogP) is 1.05. The van der Waals surface area contributed by atoms with Crippen LogP contribution in [0.2, 0.25) is 5.02 Å². The van der Waals surface area contributed by atoms with Crippen molar-refractivity contribution >= 4 is 17.5 Å². The predicted molar refractivity (Wildman–Crippen MR) is 52.2 cm³/mol. The summed E-state index contributed by atoms with van der Waals surface area (Å²) in [6, 6.07) is 6.55. The summed E-state index contributed by atoms with van der Waals surface area (Å²) in [6.07, 6.45) is 0. The molecule has 0 saturated carbocycles. The maximum atomic E-state index is 10.4. The smallest absolute Gasteiger partial charge is 0.293 e. The van der Waals surface area contributed by atoms with Gasteiger partial charge in [-0.15, -0.1) is 0 Å². The lowest BCUT2D eigenvalue weighted by Crippen LogP contribution is -2.06. The average molecular weight is 205 g/mol. The molecule has 3 nitrogen and oxygen atoms in total. The van der Waals surface area contributed by atoms with Crippen molar-refractivity contribution in [2.45, 2.75) is 0 Å². The number of carbonyl (C=O) groups is 1. The van der Waals surface area contributed by atoms with E-state index in [0.717, 1.165) is 0 Å². The molecule has 68 valence electrons. The van der Waals surface area contributed by atoms with Gasteiger partial charge in [0.15, 0.2) is 0 Å². The van der Waals surface area contributed by atoms with Crippen LogP contribution < -0.4 is 5.73 Å². The number of rotatable bonds is 0. The fourth-order valence-corrected chi connectivity index (χ4v) is 1.04. The quantitative estimate of drug-likeness (QED) is 0.642. The number of amides is 1. The minimum absolute atomic E-state index is 0.331. The van der Waals surface area contributed by atoms with Gasteiger partial charge in [0.05, 0.1) is 16.7 Å². The Morgan fingerprint density at radius 3 is 2.71 bits per heavy atom. The second-order valence-electron chi connectivity index (χ2n) is 2.42. The van der Waals surface area contributed by atoms with Crippen molar-refractivity contribution in [2.24, 2.45) is 5.73 Å². The van der Waals surface area contributed by atoms with E-state index in [1.165, 1.54) is 6.07 Å². The molecule has 1 rings (SSSR count). The minimum atomic E-state index is -0.717. The number of hydrogen-bond acceptors (Lipinski definition) is 2. The Kier molecular flexibility index (Phi) is 3.12. The van der Waals surface area contributed by atoms with Gasteiger partial charge in [0, 0.05) is 11.5 Å². The first-order valence-electron chi connectivity index (χ1n) is 3.64. The molecule has 0 saturated heterocycles. The third-order valence-electron chi connectivity index (χ3n) is 1.42. The zero-order valence-corrected chi connectivity index (χ0v) is 7.80. The molecular formula is C10H5ClN2O. The van der Waals surface area contributed by atoms with Crippen molar-refractivity contribution in [3.8, 4) is 17.9 Å². The molecular weight excluding hydrogens is 200 g/mol. The Balaban J connectivity index is 3.10. The number of nitrogens with two attached hydrogens (primary N) is 1. The Labute approximate surface area is 86.1 Å². The first kappa shape index (κ1) is 10.1. The largest absolute Gasteiger partial charge is 0.359 e. The molecule has 0 aliphatic heterocycles. The van der Waals surface area contributed by atoms with Gasteiger partial charge >= 0.3 is 0 Å². The second-order valence-corrected chi connectivity index (χ2v) is 2.83. The van der Waals surface area contributed by atoms with Crippen LogP contribution in [-0.4, -0.2) is 5.91 Å². The number of primary amides is 1.